The van der Waals surface area contributed by atoms with Gasteiger partial charge in [0.05, 0.1) is 18.8 Å². The number of carbonyl (C=O) groups is 1. The summed E-state index contributed by atoms with van der Waals surface area (Å²) in [6.07, 6.45) is 4.73. The molecule has 1 fully saturated rings. The third-order valence-corrected chi connectivity index (χ3v) is 4.54. The van der Waals surface area contributed by atoms with Crippen LogP contribution in [0.25, 0.3) is 0 Å². The molecule has 24 heavy (non-hydrogen) atoms. The Bertz CT molecular complexity index is 495. The molecule has 1 atom stereocenters. The zero-order valence-electron chi connectivity index (χ0n) is 15.4. The van der Waals surface area contributed by atoms with Gasteiger partial charge in [-0.15, -0.1) is 0 Å². The SMILES string of the molecule is CCCCCC(C)NC(=O)CN1CCN(Cc2cc(C)no2)CC1. The van der Waals surface area contributed by atoms with Crippen LogP contribution in [0.4, 0.5) is 0 Å². The molecule has 6 nitrogen and oxygen atoms in total. The second-order valence-electron chi connectivity index (χ2n) is 6.95. The molecule has 0 aliphatic carbocycles. The lowest BCUT2D eigenvalue weighted by Gasteiger charge is -2.33. The first kappa shape index (κ1) is 18.9. The summed E-state index contributed by atoms with van der Waals surface area (Å²) in [5.41, 5.74) is 0.924. The molecular weight excluding hydrogens is 304 g/mol. The fraction of sp³-hybridized carbons (Fsp3) is 0.778. The van der Waals surface area contributed by atoms with E-state index >= 15 is 0 Å². The number of nitrogens with one attached hydrogen (secondary N) is 1. The molecule has 0 bridgehead atoms. The second kappa shape index (κ2) is 9.79. The van der Waals surface area contributed by atoms with Gasteiger partial charge >= 0.3 is 0 Å². The number of hydrogen-bond acceptors (Lipinski definition) is 5. The van der Waals surface area contributed by atoms with Gasteiger partial charge in [-0.25, -0.2) is 0 Å². The van der Waals surface area contributed by atoms with Gasteiger partial charge in [-0.3, -0.25) is 14.6 Å². The maximum atomic E-state index is 12.1. The topological polar surface area (TPSA) is 61.6 Å². The van der Waals surface area contributed by atoms with Crippen LogP contribution in [0, 0.1) is 6.92 Å². The number of unbranched alkanes of at least 4 members (excludes halogenated alkanes) is 2. The van der Waals surface area contributed by atoms with Crippen LogP contribution < -0.4 is 5.32 Å². The van der Waals surface area contributed by atoms with E-state index < -0.39 is 0 Å². The van der Waals surface area contributed by atoms with Gasteiger partial charge in [0.25, 0.3) is 0 Å². The molecule has 1 N–H and O–H groups in total. The van der Waals surface area contributed by atoms with Crippen LogP contribution in [0.5, 0.6) is 0 Å². The summed E-state index contributed by atoms with van der Waals surface area (Å²) in [6.45, 7) is 11.3. The smallest absolute Gasteiger partial charge is 0.234 e. The van der Waals surface area contributed by atoms with Crippen LogP contribution in [0.3, 0.4) is 0 Å². The molecule has 1 saturated heterocycles. The molecule has 0 saturated carbocycles. The standard InChI is InChI=1S/C18H32N4O2/c1-4-5-6-7-15(2)19-18(23)14-22-10-8-21(9-11-22)13-17-12-16(3)20-24-17/h12,15H,4-11,13-14H2,1-3H3,(H,19,23). The first-order valence-corrected chi connectivity index (χ1v) is 9.23. The highest BCUT2D eigenvalue weighted by molar-refractivity contribution is 5.78. The average Bonchev–Trinajstić information content (AvgIpc) is 2.94. The van der Waals surface area contributed by atoms with Crippen LogP contribution in [-0.2, 0) is 11.3 Å². The minimum absolute atomic E-state index is 0.151. The summed E-state index contributed by atoms with van der Waals surface area (Å²) in [5, 5.41) is 7.05. The number of piperazine rings is 1. The highest BCUT2D eigenvalue weighted by atomic mass is 16.5. The van der Waals surface area contributed by atoms with Crippen molar-refractivity contribution in [1.82, 2.24) is 20.3 Å². The van der Waals surface area contributed by atoms with Gasteiger partial charge in [0.2, 0.25) is 5.91 Å². The summed E-state index contributed by atoms with van der Waals surface area (Å²) in [5.74, 6) is 1.07. The van der Waals surface area contributed by atoms with Gasteiger partial charge in [0.1, 0.15) is 0 Å². The first-order chi connectivity index (χ1) is 11.6. The number of nitrogens with zero attached hydrogens (tertiary/aromatic N) is 3. The molecule has 1 aliphatic heterocycles. The number of aryl methyl sites for hydroxylation is 1. The Kier molecular flexibility index (Phi) is 7.72. The molecule has 0 spiro atoms. The lowest BCUT2D eigenvalue weighted by atomic mass is 10.1. The number of hydrogen-bond donors (Lipinski definition) is 1. The molecule has 2 rings (SSSR count). The van der Waals surface area contributed by atoms with E-state index in [0.29, 0.717) is 6.54 Å². The van der Waals surface area contributed by atoms with Crippen LogP contribution >= 0.6 is 0 Å². The Labute approximate surface area is 145 Å². The van der Waals surface area contributed by atoms with E-state index in [0.717, 1.165) is 50.6 Å². The number of aromatic nitrogens is 1. The lowest BCUT2D eigenvalue weighted by Crippen LogP contribution is -2.49. The zero-order valence-corrected chi connectivity index (χ0v) is 15.4. The summed E-state index contributed by atoms with van der Waals surface area (Å²) >= 11 is 0. The third-order valence-electron chi connectivity index (χ3n) is 4.54. The Morgan fingerprint density at radius 1 is 1.29 bits per heavy atom. The summed E-state index contributed by atoms with van der Waals surface area (Å²) in [7, 11) is 0. The zero-order chi connectivity index (χ0) is 17.4. The molecule has 136 valence electrons. The molecule has 0 aromatic carbocycles. The highest BCUT2D eigenvalue weighted by Crippen LogP contribution is 2.09. The maximum absolute atomic E-state index is 12.1. The summed E-state index contributed by atoms with van der Waals surface area (Å²) in [6, 6.07) is 2.26. The van der Waals surface area contributed by atoms with Crippen molar-refractivity contribution in [3.8, 4) is 0 Å². The van der Waals surface area contributed by atoms with Gasteiger partial charge in [0, 0.05) is 38.3 Å². The van der Waals surface area contributed by atoms with Crippen molar-refractivity contribution < 1.29 is 9.32 Å². The van der Waals surface area contributed by atoms with E-state index in [1.54, 1.807) is 0 Å². The fourth-order valence-corrected chi connectivity index (χ4v) is 3.11. The van der Waals surface area contributed by atoms with Crippen molar-refractivity contribution in [2.75, 3.05) is 32.7 Å². The molecule has 1 aromatic heterocycles. The molecule has 0 radical (unpaired) electrons. The lowest BCUT2D eigenvalue weighted by molar-refractivity contribution is -0.123. The monoisotopic (exact) mass is 336 g/mol. The van der Waals surface area contributed by atoms with Gasteiger partial charge in [-0.1, -0.05) is 31.3 Å². The van der Waals surface area contributed by atoms with E-state index in [1.165, 1.54) is 19.3 Å². The molecule has 1 unspecified atom stereocenters. The van der Waals surface area contributed by atoms with Gasteiger partial charge in [-0.05, 0) is 20.3 Å². The van der Waals surface area contributed by atoms with Crippen LogP contribution in [0.15, 0.2) is 10.6 Å². The largest absolute Gasteiger partial charge is 0.360 e. The van der Waals surface area contributed by atoms with E-state index in [-0.39, 0.29) is 11.9 Å². The normalized spacial score (nSPS) is 17.8. The summed E-state index contributed by atoms with van der Waals surface area (Å²) < 4.78 is 5.27. The van der Waals surface area contributed by atoms with E-state index in [2.05, 4.69) is 34.1 Å². The minimum atomic E-state index is 0.151. The Hall–Kier alpha value is -1.40. The fourth-order valence-electron chi connectivity index (χ4n) is 3.11. The predicted octanol–water partition coefficient (Wildman–Crippen LogP) is 2.19. The Balaban J connectivity index is 1.62. The van der Waals surface area contributed by atoms with Gasteiger partial charge in [-0.2, -0.15) is 0 Å². The Morgan fingerprint density at radius 2 is 2.00 bits per heavy atom. The third kappa shape index (κ3) is 6.61. The molecule has 6 heteroatoms. The molecule has 1 amide bonds. The van der Waals surface area contributed by atoms with E-state index in [4.69, 9.17) is 4.52 Å². The van der Waals surface area contributed by atoms with Crippen molar-refractivity contribution in [2.45, 2.75) is 59.0 Å². The van der Waals surface area contributed by atoms with Crippen molar-refractivity contribution >= 4 is 5.91 Å². The van der Waals surface area contributed by atoms with Crippen molar-refractivity contribution in [3.63, 3.8) is 0 Å². The van der Waals surface area contributed by atoms with Crippen LogP contribution in [0.2, 0.25) is 0 Å². The predicted molar refractivity (Wildman–Crippen MR) is 94.7 cm³/mol. The molecular formula is C18H32N4O2. The van der Waals surface area contributed by atoms with E-state index in [9.17, 15) is 4.79 Å². The average molecular weight is 336 g/mol. The first-order valence-electron chi connectivity index (χ1n) is 9.23. The minimum Gasteiger partial charge on any atom is -0.360 e. The van der Waals surface area contributed by atoms with Gasteiger partial charge in [0.15, 0.2) is 5.76 Å². The summed E-state index contributed by atoms with van der Waals surface area (Å²) in [4.78, 5) is 16.7. The van der Waals surface area contributed by atoms with Crippen molar-refractivity contribution in [2.24, 2.45) is 0 Å². The van der Waals surface area contributed by atoms with Crippen molar-refractivity contribution in [3.05, 3.63) is 17.5 Å². The maximum Gasteiger partial charge on any atom is 0.234 e. The molecule has 1 aliphatic rings. The molecule has 1 aromatic rings. The number of carbonyl (C=O) groups excluding carboxylic acids is 1. The van der Waals surface area contributed by atoms with Crippen LogP contribution in [-0.4, -0.2) is 59.6 Å². The quantitative estimate of drug-likeness (QED) is 0.701. The van der Waals surface area contributed by atoms with Crippen molar-refractivity contribution in [1.29, 1.82) is 0 Å². The second-order valence-corrected chi connectivity index (χ2v) is 6.95. The number of rotatable bonds is 9. The van der Waals surface area contributed by atoms with E-state index in [1.807, 2.05) is 13.0 Å². The highest BCUT2D eigenvalue weighted by Gasteiger charge is 2.20. The number of amides is 1. The van der Waals surface area contributed by atoms with Gasteiger partial charge < -0.3 is 9.84 Å². The molecule has 2 heterocycles. The Morgan fingerprint density at radius 3 is 2.62 bits per heavy atom. The van der Waals surface area contributed by atoms with Crippen LogP contribution in [0.1, 0.15) is 51.0 Å².